The van der Waals surface area contributed by atoms with Crippen molar-refractivity contribution >= 4 is 11.8 Å². The van der Waals surface area contributed by atoms with Gasteiger partial charge in [-0.25, -0.2) is 0 Å². The van der Waals surface area contributed by atoms with Gasteiger partial charge in [0, 0.05) is 26.1 Å². The third-order valence-electron chi connectivity index (χ3n) is 6.20. The summed E-state index contributed by atoms with van der Waals surface area (Å²) in [6.45, 7) is 1.48. The molecule has 170 valence electrons. The van der Waals surface area contributed by atoms with Gasteiger partial charge in [0.25, 0.3) is 0 Å². The molecule has 1 atom stereocenters. The summed E-state index contributed by atoms with van der Waals surface area (Å²) in [5.41, 5.74) is 4.49. The van der Waals surface area contributed by atoms with Crippen molar-refractivity contribution in [2.75, 3.05) is 26.7 Å². The number of carbonyl (C=O) groups is 2. The highest BCUT2D eigenvalue weighted by Crippen LogP contribution is 2.26. The number of aryl methyl sites for hydroxylation is 1. The van der Waals surface area contributed by atoms with Crippen molar-refractivity contribution in [1.29, 1.82) is 0 Å². The van der Waals surface area contributed by atoms with E-state index in [1.807, 2.05) is 59.5 Å². The van der Waals surface area contributed by atoms with Crippen molar-refractivity contribution in [3.63, 3.8) is 0 Å². The Balaban J connectivity index is 1.44. The Labute approximate surface area is 195 Å². The largest absolute Gasteiger partial charge is 0.497 e. The predicted octanol–water partition coefficient (Wildman–Crippen LogP) is 4.11. The summed E-state index contributed by atoms with van der Waals surface area (Å²) >= 11 is 0. The molecule has 0 bridgehead atoms. The minimum atomic E-state index is -0.276. The zero-order valence-corrected chi connectivity index (χ0v) is 19.0. The van der Waals surface area contributed by atoms with Gasteiger partial charge in [-0.1, -0.05) is 66.7 Å². The van der Waals surface area contributed by atoms with Crippen LogP contribution in [0.4, 0.5) is 0 Å². The number of nitrogens with one attached hydrogen (secondary N) is 1. The first-order valence-corrected chi connectivity index (χ1v) is 11.5. The molecular formula is C28H30N2O3. The second kappa shape index (κ2) is 10.8. The van der Waals surface area contributed by atoms with E-state index in [1.54, 1.807) is 7.11 Å². The third kappa shape index (κ3) is 5.80. The van der Waals surface area contributed by atoms with Gasteiger partial charge < -0.3 is 15.0 Å². The number of ether oxygens (including phenoxy) is 1. The lowest BCUT2D eigenvalue weighted by atomic mass is 9.91. The normalized spacial score (nSPS) is 16.1. The molecule has 1 N–H and O–H groups in total. The Morgan fingerprint density at radius 1 is 1.00 bits per heavy atom. The van der Waals surface area contributed by atoms with Crippen molar-refractivity contribution in [2.24, 2.45) is 5.92 Å². The molecule has 0 aliphatic carbocycles. The summed E-state index contributed by atoms with van der Waals surface area (Å²) in [5, 5.41) is 3.00. The lowest BCUT2D eigenvalue weighted by molar-refractivity contribution is -0.132. The second-order valence-corrected chi connectivity index (χ2v) is 8.40. The first-order chi connectivity index (χ1) is 16.1. The molecule has 0 spiro atoms. The molecule has 0 aromatic heterocycles. The van der Waals surface area contributed by atoms with E-state index in [9.17, 15) is 9.59 Å². The molecule has 0 radical (unpaired) electrons. The van der Waals surface area contributed by atoms with E-state index in [-0.39, 0.29) is 17.7 Å². The van der Waals surface area contributed by atoms with Crippen LogP contribution in [0.1, 0.15) is 17.5 Å². The van der Waals surface area contributed by atoms with E-state index in [4.69, 9.17) is 4.74 Å². The van der Waals surface area contributed by atoms with Crippen molar-refractivity contribution in [1.82, 2.24) is 10.2 Å². The molecule has 5 nitrogen and oxygen atoms in total. The zero-order chi connectivity index (χ0) is 23.0. The SMILES string of the molecule is COc1ccc(CCC(=O)N2CCNC(=O)[C@@H](Cc3ccccc3-c3ccccc3)C2)cc1. The Morgan fingerprint density at radius 2 is 1.73 bits per heavy atom. The maximum absolute atomic E-state index is 13.0. The lowest BCUT2D eigenvalue weighted by Gasteiger charge is -2.24. The van der Waals surface area contributed by atoms with Gasteiger partial charge in [-0.2, -0.15) is 0 Å². The lowest BCUT2D eigenvalue weighted by Crippen LogP contribution is -2.37. The number of nitrogens with zero attached hydrogens (tertiary/aromatic N) is 1. The highest BCUT2D eigenvalue weighted by molar-refractivity contribution is 5.82. The predicted molar refractivity (Wildman–Crippen MR) is 130 cm³/mol. The highest BCUT2D eigenvalue weighted by atomic mass is 16.5. The van der Waals surface area contributed by atoms with Crippen LogP contribution in [0.2, 0.25) is 0 Å². The number of amides is 2. The summed E-state index contributed by atoms with van der Waals surface area (Å²) in [5.74, 6) is 0.634. The van der Waals surface area contributed by atoms with Crippen LogP contribution in [0.15, 0.2) is 78.9 Å². The van der Waals surface area contributed by atoms with Crippen molar-refractivity contribution in [3.8, 4) is 16.9 Å². The monoisotopic (exact) mass is 442 g/mol. The van der Waals surface area contributed by atoms with Gasteiger partial charge in [-0.3, -0.25) is 9.59 Å². The van der Waals surface area contributed by atoms with Crippen molar-refractivity contribution in [2.45, 2.75) is 19.3 Å². The fourth-order valence-electron chi connectivity index (χ4n) is 4.35. The maximum Gasteiger partial charge on any atom is 0.225 e. The molecule has 1 fully saturated rings. The fourth-order valence-corrected chi connectivity index (χ4v) is 4.35. The number of hydrogen-bond donors (Lipinski definition) is 1. The van der Waals surface area contributed by atoms with E-state index < -0.39 is 0 Å². The van der Waals surface area contributed by atoms with E-state index in [1.165, 1.54) is 0 Å². The Bertz CT molecular complexity index is 1080. The van der Waals surface area contributed by atoms with Gasteiger partial charge in [0.1, 0.15) is 5.75 Å². The molecule has 5 heteroatoms. The van der Waals surface area contributed by atoms with Crippen molar-refractivity contribution < 1.29 is 14.3 Å². The Hall–Kier alpha value is -3.60. The van der Waals surface area contributed by atoms with Gasteiger partial charge in [0.2, 0.25) is 11.8 Å². The molecular weight excluding hydrogens is 412 g/mol. The third-order valence-corrected chi connectivity index (χ3v) is 6.20. The summed E-state index contributed by atoms with van der Waals surface area (Å²) in [4.78, 5) is 27.7. The first kappa shape index (κ1) is 22.6. The molecule has 33 heavy (non-hydrogen) atoms. The van der Waals surface area contributed by atoms with Crippen molar-refractivity contribution in [3.05, 3.63) is 90.0 Å². The van der Waals surface area contributed by atoms with Gasteiger partial charge in [0.05, 0.1) is 13.0 Å². The average Bonchev–Trinajstić information content (AvgIpc) is 3.05. The fraction of sp³-hybridized carbons (Fsp3) is 0.286. The molecule has 3 aromatic carbocycles. The van der Waals surface area contributed by atoms with Crippen LogP contribution in [-0.2, 0) is 22.4 Å². The molecule has 2 amide bonds. The van der Waals surface area contributed by atoms with Crippen LogP contribution in [0.3, 0.4) is 0 Å². The van der Waals surface area contributed by atoms with Gasteiger partial charge in [0.15, 0.2) is 0 Å². The van der Waals surface area contributed by atoms with Crippen LogP contribution in [-0.4, -0.2) is 43.5 Å². The van der Waals surface area contributed by atoms with E-state index in [2.05, 4.69) is 29.6 Å². The van der Waals surface area contributed by atoms with Gasteiger partial charge in [-0.15, -0.1) is 0 Å². The molecule has 3 aromatic rings. The quantitative estimate of drug-likeness (QED) is 0.599. The number of benzene rings is 3. The minimum Gasteiger partial charge on any atom is -0.497 e. The topological polar surface area (TPSA) is 58.6 Å². The first-order valence-electron chi connectivity index (χ1n) is 11.5. The molecule has 4 rings (SSSR count). The van der Waals surface area contributed by atoms with Crippen LogP contribution in [0.5, 0.6) is 5.75 Å². The standard InChI is InChI=1S/C28H30N2O3/c1-33-25-14-11-21(12-15-25)13-16-27(31)30-18-17-29-28(32)24(20-30)19-23-9-5-6-10-26(23)22-7-3-2-4-8-22/h2-12,14-15,24H,13,16-20H2,1H3,(H,29,32)/t24-/m0/s1. The van der Waals surface area contributed by atoms with Crippen LogP contribution in [0.25, 0.3) is 11.1 Å². The van der Waals surface area contributed by atoms with Gasteiger partial charge in [-0.05, 0) is 47.2 Å². The van der Waals surface area contributed by atoms with E-state index >= 15 is 0 Å². The number of carbonyl (C=O) groups excluding carboxylic acids is 2. The number of hydrogen-bond acceptors (Lipinski definition) is 3. The van der Waals surface area contributed by atoms with E-state index in [0.717, 1.165) is 28.0 Å². The molecule has 1 aliphatic rings. The van der Waals surface area contributed by atoms with E-state index in [0.29, 0.717) is 38.9 Å². The summed E-state index contributed by atoms with van der Waals surface area (Å²) < 4.78 is 5.20. The second-order valence-electron chi connectivity index (χ2n) is 8.40. The highest BCUT2D eigenvalue weighted by Gasteiger charge is 2.28. The van der Waals surface area contributed by atoms with Gasteiger partial charge >= 0.3 is 0 Å². The summed E-state index contributed by atoms with van der Waals surface area (Å²) in [7, 11) is 1.64. The van der Waals surface area contributed by atoms with Crippen LogP contribution in [0, 0.1) is 5.92 Å². The van der Waals surface area contributed by atoms with Crippen LogP contribution < -0.4 is 10.1 Å². The molecule has 1 heterocycles. The molecule has 1 saturated heterocycles. The Morgan fingerprint density at radius 3 is 2.48 bits per heavy atom. The van der Waals surface area contributed by atoms with Crippen LogP contribution >= 0.6 is 0 Å². The number of rotatable bonds is 7. The zero-order valence-electron chi connectivity index (χ0n) is 19.0. The molecule has 0 saturated carbocycles. The maximum atomic E-state index is 13.0. The summed E-state index contributed by atoms with van der Waals surface area (Å²) in [6, 6.07) is 26.2. The minimum absolute atomic E-state index is 0.0170. The summed E-state index contributed by atoms with van der Waals surface area (Å²) in [6.07, 6.45) is 1.69. The molecule has 1 aliphatic heterocycles. The smallest absolute Gasteiger partial charge is 0.225 e. The average molecular weight is 443 g/mol. The number of methoxy groups -OCH3 is 1. The molecule has 0 unspecified atom stereocenters. The Kier molecular flexibility index (Phi) is 7.40.